The van der Waals surface area contributed by atoms with Gasteiger partial charge in [0.05, 0.1) is 0 Å². The summed E-state index contributed by atoms with van der Waals surface area (Å²) in [7, 11) is 0. The average molecular weight is 235 g/mol. The molecule has 96 valence electrons. The Morgan fingerprint density at radius 1 is 1.18 bits per heavy atom. The summed E-state index contributed by atoms with van der Waals surface area (Å²) in [5.41, 5.74) is 1.39. The Morgan fingerprint density at radius 2 is 1.88 bits per heavy atom. The molecule has 0 amide bonds. The summed E-state index contributed by atoms with van der Waals surface area (Å²) in [6.07, 6.45) is 2.24. The van der Waals surface area contributed by atoms with Crippen molar-refractivity contribution in [2.75, 3.05) is 19.7 Å². The van der Waals surface area contributed by atoms with Crippen LogP contribution in [0.4, 0.5) is 0 Å². The van der Waals surface area contributed by atoms with Gasteiger partial charge in [-0.15, -0.1) is 0 Å². The van der Waals surface area contributed by atoms with Crippen LogP contribution in [-0.2, 0) is 0 Å². The quantitative estimate of drug-likeness (QED) is 0.679. The smallest absolute Gasteiger partial charge is 0.0456 e. The summed E-state index contributed by atoms with van der Waals surface area (Å²) in [5, 5.41) is 12.4. The first-order chi connectivity index (χ1) is 8.24. The van der Waals surface area contributed by atoms with E-state index in [0.717, 1.165) is 25.9 Å². The van der Waals surface area contributed by atoms with Crippen molar-refractivity contribution in [1.29, 1.82) is 0 Å². The van der Waals surface area contributed by atoms with Crippen LogP contribution in [0.3, 0.4) is 0 Å². The molecule has 1 aromatic rings. The minimum absolute atomic E-state index is 0.306. The van der Waals surface area contributed by atoms with Crippen molar-refractivity contribution >= 4 is 0 Å². The van der Waals surface area contributed by atoms with Crippen molar-refractivity contribution in [3.8, 4) is 0 Å². The highest BCUT2D eigenvalue weighted by Crippen LogP contribution is 2.13. The van der Waals surface area contributed by atoms with Gasteiger partial charge in [0.15, 0.2) is 0 Å². The molecule has 0 aromatic heterocycles. The maximum Gasteiger partial charge on any atom is 0.0456 e. The van der Waals surface area contributed by atoms with E-state index < -0.39 is 0 Å². The zero-order valence-corrected chi connectivity index (χ0v) is 11.0. The topological polar surface area (TPSA) is 32.3 Å². The van der Waals surface area contributed by atoms with Gasteiger partial charge in [0.1, 0.15) is 0 Å². The molecule has 0 saturated heterocycles. The van der Waals surface area contributed by atoms with Gasteiger partial charge in [-0.05, 0) is 36.8 Å². The first-order valence-electron chi connectivity index (χ1n) is 6.60. The van der Waals surface area contributed by atoms with Gasteiger partial charge in [0.2, 0.25) is 0 Å². The zero-order valence-electron chi connectivity index (χ0n) is 11.0. The van der Waals surface area contributed by atoms with Gasteiger partial charge in [-0.2, -0.15) is 0 Å². The third kappa shape index (κ3) is 5.85. The largest absolute Gasteiger partial charge is 0.396 e. The van der Waals surface area contributed by atoms with Gasteiger partial charge in [-0.1, -0.05) is 44.2 Å². The minimum Gasteiger partial charge on any atom is -0.396 e. The highest BCUT2D eigenvalue weighted by molar-refractivity contribution is 5.18. The molecule has 2 N–H and O–H groups in total. The second kappa shape index (κ2) is 8.26. The molecule has 0 aliphatic rings. The Balaban J connectivity index is 2.11. The number of aliphatic hydroxyl groups is 1. The van der Waals surface area contributed by atoms with Crippen LogP contribution < -0.4 is 5.32 Å². The predicted molar refractivity (Wildman–Crippen MR) is 73.2 cm³/mol. The molecule has 1 rings (SSSR count). The summed E-state index contributed by atoms with van der Waals surface area (Å²) >= 11 is 0. The molecular formula is C15H25NO. The molecule has 0 saturated carbocycles. The monoisotopic (exact) mass is 235 g/mol. The van der Waals surface area contributed by atoms with E-state index in [0.29, 0.717) is 18.4 Å². The SMILES string of the molecule is CC(CO)CCCNCC(C)c1ccccc1. The van der Waals surface area contributed by atoms with Crippen LogP contribution in [0.25, 0.3) is 0 Å². The van der Waals surface area contributed by atoms with Crippen LogP contribution in [0.2, 0.25) is 0 Å². The fraction of sp³-hybridized carbons (Fsp3) is 0.600. The molecule has 0 fully saturated rings. The standard InChI is InChI=1S/C15H25NO/c1-13(12-17)7-6-10-16-11-14(2)15-8-4-3-5-9-15/h3-5,8-9,13-14,16-17H,6-7,10-12H2,1-2H3. The van der Waals surface area contributed by atoms with Crippen molar-refractivity contribution in [2.45, 2.75) is 32.6 Å². The fourth-order valence-corrected chi connectivity index (χ4v) is 1.88. The average Bonchev–Trinajstić information content (AvgIpc) is 2.38. The fourth-order valence-electron chi connectivity index (χ4n) is 1.88. The van der Waals surface area contributed by atoms with E-state index in [-0.39, 0.29) is 0 Å². The lowest BCUT2D eigenvalue weighted by Gasteiger charge is -2.13. The Bertz CT molecular complexity index is 286. The summed E-state index contributed by atoms with van der Waals surface area (Å²) in [6.45, 7) is 6.71. The Hall–Kier alpha value is -0.860. The molecule has 2 unspecified atom stereocenters. The lowest BCUT2D eigenvalue weighted by Crippen LogP contribution is -2.21. The highest BCUT2D eigenvalue weighted by atomic mass is 16.3. The van der Waals surface area contributed by atoms with Gasteiger partial charge in [-0.25, -0.2) is 0 Å². The number of hydrogen-bond acceptors (Lipinski definition) is 2. The second-order valence-corrected chi connectivity index (χ2v) is 4.95. The molecule has 0 spiro atoms. The van der Waals surface area contributed by atoms with Gasteiger partial charge < -0.3 is 10.4 Å². The summed E-state index contributed by atoms with van der Waals surface area (Å²) < 4.78 is 0. The molecule has 17 heavy (non-hydrogen) atoms. The second-order valence-electron chi connectivity index (χ2n) is 4.95. The Kier molecular flexibility index (Phi) is 6.90. The molecular weight excluding hydrogens is 210 g/mol. The Morgan fingerprint density at radius 3 is 2.53 bits per heavy atom. The summed E-state index contributed by atoms with van der Waals surface area (Å²) in [5.74, 6) is 0.995. The molecule has 0 aliphatic carbocycles. The van der Waals surface area contributed by atoms with Crippen LogP contribution in [-0.4, -0.2) is 24.8 Å². The van der Waals surface area contributed by atoms with Crippen molar-refractivity contribution in [3.05, 3.63) is 35.9 Å². The van der Waals surface area contributed by atoms with Crippen molar-refractivity contribution < 1.29 is 5.11 Å². The van der Waals surface area contributed by atoms with E-state index in [4.69, 9.17) is 5.11 Å². The van der Waals surface area contributed by atoms with Crippen LogP contribution in [0, 0.1) is 5.92 Å². The number of rotatable bonds is 8. The number of benzene rings is 1. The predicted octanol–water partition coefficient (Wildman–Crippen LogP) is 2.79. The van der Waals surface area contributed by atoms with Gasteiger partial charge in [0.25, 0.3) is 0 Å². The van der Waals surface area contributed by atoms with Gasteiger partial charge in [-0.3, -0.25) is 0 Å². The molecule has 2 nitrogen and oxygen atoms in total. The molecule has 0 bridgehead atoms. The van der Waals surface area contributed by atoms with E-state index in [1.165, 1.54) is 5.56 Å². The minimum atomic E-state index is 0.306. The van der Waals surface area contributed by atoms with Crippen LogP contribution in [0.1, 0.15) is 38.2 Å². The third-order valence-electron chi connectivity index (χ3n) is 3.18. The van der Waals surface area contributed by atoms with Crippen molar-refractivity contribution in [2.24, 2.45) is 5.92 Å². The van der Waals surface area contributed by atoms with Crippen molar-refractivity contribution in [1.82, 2.24) is 5.32 Å². The lowest BCUT2D eigenvalue weighted by molar-refractivity contribution is 0.228. The van der Waals surface area contributed by atoms with Gasteiger partial charge >= 0.3 is 0 Å². The van der Waals surface area contributed by atoms with E-state index in [2.05, 4.69) is 49.5 Å². The zero-order chi connectivity index (χ0) is 12.5. The van der Waals surface area contributed by atoms with Crippen LogP contribution in [0.5, 0.6) is 0 Å². The molecule has 0 radical (unpaired) electrons. The first kappa shape index (κ1) is 14.2. The third-order valence-corrected chi connectivity index (χ3v) is 3.18. The summed E-state index contributed by atoms with van der Waals surface area (Å²) in [6, 6.07) is 10.6. The number of hydrogen-bond donors (Lipinski definition) is 2. The van der Waals surface area contributed by atoms with E-state index in [1.807, 2.05) is 0 Å². The molecule has 0 heterocycles. The maximum atomic E-state index is 8.91. The van der Waals surface area contributed by atoms with Gasteiger partial charge in [0, 0.05) is 13.2 Å². The lowest BCUT2D eigenvalue weighted by atomic mass is 10.0. The van der Waals surface area contributed by atoms with Crippen LogP contribution in [0.15, 0.2) is 30.3 Å². The molecule has 1 aromatic carbocycles. The molecule has 2 heteroatoms. The first-order valence-corrected chi connectivity index (χ1v) is 6.60. The van der Waals surface area contributed by atoms with E-state index >= 15 is 0 Å². The van der Waals surface area contributed by atoms with Crippen molar-refractivity contribution in [3.63, 3.8) is 0 Å². The van der Waals surface area contributed by atoms with Crippen LogP contribution >= 0.6 is 0 Å². The number of aliphatic hydroxyl groups excluding tert-OH is 1. The molecule has 0 aliphatic heterocycles. The Labute approximate surface area is 105 Å². The molecule has 2 atom stereocenters. The number of nitrogens with one attached hydrogen (secondary N) is 1. The normalized spacial score (nSPS) is 14.5. The van der Waals surface area contributed by atoms with E-state index in [9.17, 15) is 0 Å². The maximum absolute atomic E-state index is 8.91. The van der Waals surface area contributed by atoms with E-state index in [1.54, 1.807) is 0 Å². The highest BCUT2D eigenvalue weighted by Gasteiger charge is 2.04. The summed E-state index contributed by atoms with van der Waals surface area (Å²) in [4.78, 5) is 0.